The van der Waals surface area contributed by atoms with Crippen LogP contribution in [0.5, 0.6) is 0 Å². The fourth-order valence-corrected chi connectivity index (χ4v) is 2.21. The number of ether oxygens (including phenoxy) is 1. The van der Waals surface area contributed by atoms with E-state index in [1.165, 1.54) is 36.2 Å². The van der Waals surface area contributed by atoms with E-state index in [1.54, 1.807) is 18.2 Å². The van der Waals surface area contributed by atoms with Crippen LogP contribution < -0.4 is 0 Å². The average molecular weight is 370 g/mol. The zero-order chi connectivity index (χ0) is 17.7. The number of halogens is 3. The van der Waals surface area contributed by atoms with Gasteiger partial charge >= 0.3 is 5.97 Å². The van der Waals surface area contributed by atoms with Crippen molar-refractivity contribution in [2.75, 3.05) is 13.7 Å². The number of hydrogen-bond donors (Lipinski definition) is 0. The zero-order valence-corrected chi connectivity index (χ0v) is 14.3. The lowest BCUT2D eigenvalue weighted by Crippen LogP contribution is -2.31. The highest BCUT2D eigenvalue weighted by Gasteiger charge is 2.15. The predicted octanol–water partition coefficient (Wildman–Crippen LogP) is 3.95. The molecule has 0 fully saturated rings. The van der Waals surface area contributed by atoms with Crippen molar-refractivity contribution in [3.63, 3.8) is 0 Å². The molecule has 0 aliphatic carbocycles. The summed E-state index contributed by atoms with van der Waals surface area (Å²) in [5.41, 5.74) is 0.568. The number of hydrogen-bond acceptors (Lipinski definition) is 3. The lowest BCUT2D eigenvalue weighted by molar-refractivity contribution is -0.133. The third-order valence-electron chi connectivity index (χ3n) is 3.27. The Kier molecular flexibility index (Phi) is 6.17. The van der Waals surface area contributed by atoms with Crippen LogP contribution in [-0.2, 0) is 16.1 Å². The summed E-state index contributed by atoms with van der Waals surface area (Å²) in [5.74, 6) is -1.54. The molecule has 24 heavy (non-hydrogen) atoms. The highest BCUT2D eigenvalue weighted by Crippen LogP contribution is 2.22. The van der Waals surface area contributed by atoms with Gasteiger partial charge in [-0.1, -0.05) is 41.4 Å². The molecule has 0 spiro atoms. The van der Waals surface area contributed by atoms with Crippen molar-refractivity contribution in [1.82, 2.24) is 4.90 Å². The van der Waals surface area contributed by atoms with Gasteiger partial charge in [0.1, 0.15) is 5.82 Å². The number of likely N-dealkylation sites (N-methyl/N-ethyl adjacent to an activating group) is 1. The smallest absolute Gasteiger partial charge is 0.338 e. The van der Waals surface area contributed by atoms with Crippen molar-refractivity contribution >= 4 is 35.1 Å². The Labute approximate surface area is 148 Å². The van der Waals surface area contributed by atoms with Crippen LogP contribution in [0.25, 0.3) is 0 Å². The minimum absolute atomic E-state index is 0.0792. The highest BCUT2D eigenvalue weighted by atomic mass is 35.5. The molecule has 1 amide bonds. The maximum Gasteiger partial charge on any atom is 0.338 e. The van der Waals surface area contributed by atoms with Crippen molar-refractivity contribution in [3.05, 3.63) is 69.5 Å². The monoisotopic (exact) mass is 369 g/mol. The van der Waals surface area contributed by atoms with E-state index in [0.717, 1.165) is 0 Å². The van der Waals surface area contributed by atoms with Gasteiger partial charge in [0.15, 0.2) is 6.61 Å². The van der Waals surface area contributed by atoms with E-state index in [0.29, 0.717) is 10.6 Å². The summed E-state index contributed by atoms with van der Waals surface area (Å²) in [4.78, 5) is 25.2. The Morgan fingerprint density at radius 2 is 1.83 bits per heavy atom. The molecule has 0 atom stereocenters. The first-order chi connectivity index (χ1) is 11.4. The normalized spacial score (nSPS) is 10.3. The van der Waals surface area contributed by atoms with Gasteiger partial charge < -0.3 is 9.64 Å². The summed E-state index contributed by atoms with van der Waals surface area (Å²) in [6.07, 6.45) is 0. The second-order valence-corrected chi connectivity index (χ2v) is 5.86. The number of carbonyl (C=O) groups is 2. The van der Waals surface area contributed by atoms with E-state index in [2.05, 4.69) is 0 Å². The minimum atomic E-state index is -0.693. The van der Waals surface area contributed by atoms with Crippen molar-refractivity contribution in [2.45, 2.75) is 6.54 Å². The second kappa shape index (κ2) is 8.13. The van der Waals surface area contributed by atoms with Crippen molar-refractivity contribution < 1.29 is 18.7 Å². The molecule has 2 rings (SSSR count). The van der Waals surface area contributed by atoms with Crippen molar-refractivity contribution in [2.24, 2.45) is 0 Å². The van der Waals surface area contributed by atoms with Crippen LogP contribution in [0.4, 0.5) is 4.39 Å². The summed E-state index contributed by atoms with van der Waals surface area (Å²) in [6.45, 7) is -0.375. The summed E-state index contributed by atoms with van der Waals surface area (Å²) in [7, 11) is 1.50. The fraction of sp³-hybridized carbons (Fsp3) is 0.176. The first kappa shape index (κ1) is 18.2. The summed E-state index contributed by atoms with van der Waals surface area (Å²) < 4.78 is 18.5. The first-order valence-corrected chi connectivity index (χ1v) is 7.73. The number of carbonyl (C=O) groups excluding carboxylic acids is 2. The molecule has 0 saturated carbocycles. The van der Waals surface area contributed by atoms with E-state index in [9.17, 15) is 14.0 Å². The lowest BCUT2D eigenvalue weighted by Gasteiger charge is -2.17. The molecular weight excluding hydrogens is 356 g/mol. The van der Waals surface area contributed by atoms with Gasteiger partial charge in [0, 0.05) is 19.2 Å². The Morgan fingerprint density at radius 1 is 1.12 bits per heavy atom. The molecule has 0 saturated heterocycles. The Morgan fingerprint density at radius 3 is 2.50 bits per heavy atom. The first-order valence-electron chi connectivity index (χ1n) is 6.98. The maximum absolute atomic E-state index is 13.6. The largest absolute Gasteiger partial charge is 0.452 e. The van der Waals surface area contributed by atoms with Crippen LogP contribution in [0.3, 0.4) is 0 Å². The molecule has 7 heteroatoms. The van der Waals surface area contributed by atoms with E-state index >= 15 is 0 Å². The molecule has 0 unspecified atom stereocenters. The maximum atomic E-state index is 13.6. The molecule has 0 bridgehead atoms. The van der Waals surface area contributed by atoms with Gasteiger partial charge in [-0.2, -0.15) is 0 Å². The van der Waals surface area contributed by atoms with E-state index in [1.807, 2.05) is 0 Å². The molecule has 4 nitrogen and oxygen atoms in total. The number of nitrogens with zero attached hydrogens (tertiary/aromatic N) is 1. The minimum Gasteiger partial charge on any atom is -0.452 e. The van der Waals surface area contributed by atoms with Crippen LogP contribution in [0.15, 0.2) is 42.5 Å². The summed E-state index contributed by atoms with van der Waals surface area (Å²) in [6, 6.07) is 10.4. The van der Waals surface area contributed by atoms with Gasteiger partial charge in [0.05, 0.1) is 15.6 Å². The molecule has 0 aromatic heterocycles. The molecule has 0 N–H and O–H groups in total. The van der Waals surface area contributed by atoms with E-state index < -0.39 is 24.3 Å². The Hall–Kier alpha value is -2.11. The number of amides is 1. The molecule has 0 heterocycles. The topological polar surface area (TPSA) is 46.6 Å². The Balaban J connectivity index is 1.91. The molecular formula is C17H14Cl2FNO3. The van der Waals surface area contributed by atoms with Gasteiger partial charge in [0.25, 0.3) is 5.91 Å². The van der Waals surface area contributed by atoms with Crippen LogP contribution in [0.1, 0.15) is 15.9 Å². The van der Waals surface area contributed by atoms with Gasteiger partial charge in [-0.25, -0.2) is 9.18 Å². The average Bonchev–Trinajstić information content (AvgIpc) is 2.56. The third-order valence-corrected chi connectivity index (χ3v) is 4.01. The van der Waals surface area contributed by atoms with Gasteiger partial charge in [0.2, 0.25) is 0 Å². The predicted molar refractivity (Wildman–Crippen MR) is 89.6 cm³/mol. The molecule has 0 radical (unpaired) electrons. The number of esters is 1. The molecule has 2 aromatic rings. The van der Waals surface area contributed by atoms with Crippen LogP contribution in [-0.4, -0.2) is 30.4 Å². The number of rotatable bonds is 5. The molecule has 126 valence electrons. The number of benzene rings is 2. The Bertz CT molecular complexity index is 767. The quantitative estimate of drug-likeness (QED) is 0.749. The van der Waals surface area contributed by atoms with Crippen LogP contribution >= 0.6 is 23.2 Å². The third kappa shape index (κ3) is 4.69. The standard InChI is InChI=1S/C17H14Cl2FNO3/c1-21(9-12-4-2-3-5-15(12)20)16(22)10-24-17(23)11-6-7-13(18)14(19)8-11/h2-8H,9-10H2,1H3. The van der Waals surface area contributed by atoms with Crippen molar-refractivity contribution in [1.29, 1.82) is 0 Å². The molecule has 0 aliphatic heterocycles. The summed E-state index contributed by atoms with van der Waals surface area (Å²) in [5, 5.41) is 0.531. The van der Waals surface area contributed by atoms with Gasteiger partial charge in [-0.05, 0) is 24.3 Å². The SMILES string of the molecule is CN(Cc1ccccc1F)C(=O)COC(=O)c1ccc(Cl)c(Cl)c1. The highest BCUT2D eigenvalue weighted by molar-refractivity contribution is 6.42. The van der Waals surface area contributed by atoms with Crippen molar-refractivity contribution in [3.8, 4) is 0 Å². The van der Waals surface area contributed by atoms with E-state index in [-0.39, 0.29) is 17.1 Å². The lowest BCUT2D eigenvalue weighted by atomic mass is 10.2. The zero-order valence-electron chi connectivity index (χ0n) is 12.8. The van der Waals surface area contributed by atoms with Crippen LogP contribution in [0, 0.1) is 5.82 Å². The fourth-order valence-electron chi connectivity index (χ4n) is 1.91. The van der Waals surface area contributed by atoms with Gasteiger partial charge in [-0.3, -0.25) is 4.79 Å². The van der Waals surface area contributed by atoms with Crippen LogP contribution in [0.2, 0.25) is 10.0 Å². The molecule has 0 aliphatic rings. The second-order valence-electron chi connectivity index (χ2n) is 5.05. The van der Waals surface area contributed by atoms with Gasteiger partial charge in [-0.15, -0.1) is 0 Å². The molecule has 2 aromatic carbocycles. The van der Waals surface area contributed by atoms with E-state index in [4.69, 9.17) is 27.9 Å². The summed E-state index contributed by atoms with van der Waals surface area (Å²) >= 11 is 11.6.